The molecular formula is C18H20N2O. The van der Waals surface area contributed by atoms with E-state index in [4.69, 9.17) is 0 Å². The van der Waals surface area contributed by atoms with E-state index >= 15 is 0 Å². The zero-order chi connectivity index (χ0) is 14.8. The quantitative estimate of drug-likeness (QED) is 0.780. The summed E-state index contributed by atoms with van der Waals surface area (Å²) in [6, 6.07) is 20.0. The van der Waals surface area contributed by atoms with Crippen molar-refractivity contribution in [3.63, 3.8) is 0 Å². The Balaban J connectivity index is 1.61. The first-order valence-electron chi connectivity index (χ1n) is 7.14. The van der Waals surface area contributed by atoms with Crippen LogP contribution in [0.15, 0.2) is 66.9 Å². The molecule has 0 bridgehead atoms. The average molecular weight is 280 g/mol. The van der Waals surface area contributed by atoms with Crippen molar-refractivity contribution in [3.8, 4) is 0 Å². The van der Waals surface area contributed by atoms with E-state index in [1.807, 2.05) is 54.6 Å². The van der Waals surface area contributed by atoms with E-state index in [1.165, 1.54) is 5.56 Å². The Morgan fingerprint density at radius 1 is 0.952 bits per heavy atom. The van der Waals surface area contributed by atoms with Gasteiger partial charge in [0, 0.05) is 12.7 Å². The first-order valence-corrected chi connectivity index (χ1v) is 7.14. The predicted octanol–water partition coefficient (Wildman–Crippen LogP) is 3.59. The normalized spacial score (nSPS) is 10.5. The summed E-state index contributed by atoms with van der Waals surface area (Å²) in [6.07, 6.45) is 5.42. The molecular weight excluding hydrogens is 260 g/mol. The summed E-state index contributed by atoms with van der Waals surface area (Å²) in [6.45, 7) is 0.667. The molecule has 0 radical (unpaired) electrons. The van der Waals surface area contributed by atoms with Gasteiger partial charge in [-0.3, -0.25) is 0 Å². The number of carbonyl (C=O) groups excluding carboxylic acids is 1. The lowest BCUT2D eigenvalue weighted by molar-refractivity contribution is 0.244. The number of urea groups is 1. The zero-order valence-electron chi connectivity index (χ0n) is 12.0. The molecule has 21 heavy (non-hydrogen) atoms. The van der Waals surface area contributed by atoms with Crippen molar-refractivity contribution in [2.75, 3.05) is 6.54 Å². The lowest BCUT2D eigenvalue weighted by atomic mass is 10.1. The number of amides is 2. The van der Waals surface area contributed by atoms with E-state index in [0.717, 1.165) is 18.4 Å². The molecule has 108 valence electrons. The molecule has 0 aromatic heterocycles. The molecule has 0 aliphatic carbocycles. The Kier molecular flexibility index (Phi) is 6.07. The molecule has 0 fully saturated rings. The van der Waals surface area contributed by atoms with Crippen LogP contribution in [0.2, 0.25) is 0 Å². The highest BCUT2D eigenvalue weighted by atomic mass is 16.2. The van der Waals surface area contributed by atoms with Crippen LogP contribution in [0, 0.1) is 0 Å². The van der Waals surface area contributed by atoms with E-state index in [9.17, 15) is 4.79 Å². The Morgan fingerprint density at radius 2 is 1.62 bits per heavy atom. The van der Waals surface area contributed by atoms with Gasteiger partial charge in [0.2, 0.25) is 0 Å². The monoisotopic (exact) mass is 280 g/mol. The van der Waals surface area contributed by atoms with Gasteiger partial charge in [0.25, 0.3) is 0 Å². The van der Waals surface area contributed by atoms with E-state index < -0.39 is 0 Å². The van der Waals surface area contributed by atoms with Gasteiger partial charge < -0.3 is 10.6 Å². The summed E-state index contributed by atoms with van der Waals surface area (Å²) in [7, 11) is 0. The van der Waals surface area contributed by atoms with E-state index in [0.29, 0.717) is 6.54 Å². The van der Waals surface area contributed by atoms with E-state index in [1.54, 1.807) is 6.20 Å². The van der Waals surface area contributed by atoms with Crippen molar-refractivity contribution < 1.29 is 4.79 Å². The van der Waals surface area contributed by atoms with Gasteiger partial charge in [0.1, 0.15) is 0 Å². The largest absolute Gasteiger partial charge is 0.338 e. The van der Waals surface area contributed by atoms with Crippen LogP contribution in [0.1, 0.15) is 17.5 Å². The molecule has 0 saturated heterocycles. The first-order chi connectivity index (χ1) is 10.3. The second-order valence-corrected chi connectivity index (χ2v) is 4.73. The first kappa shape index (κ1) is 14.9. The molecule has 2 N–H and O–H groups in total. The van der Waals surface area contributed by atoms with Crippen LogP contribution >= 0.6 is 0 Å². The van der Waals surface area contributed by atoms with Crippen LogP contribution in [0.3, 0.4) is 0 Å². The van der Waals surface area contributed by atoms with Gasteiger partial charge in [-0.25, -0.2) is 4.79 Å². The lowest BCUT2D eigenvalue weighted by Crippen LogP contribution is -2.32. The lowest BCUT2D eigenvalue weighted by Gasteiger charge is -2.04. The van der Waals surface area contributed by atoms with Crippen molar-refractivity contribution in [2.45, 2.75) is 12.8 Å². The van der Waals surface area contributed by atoms with Crippen molar-refractivity contribution >= 4 is 12.1 Å². The molecule has 0 heterocycles. The Hall–Kier alpha value is -2.55. The van der Waals surface area contributed by atoms with Crippen LogP contribution < -0.4 is 10.6 Å². The van der Waals surface area contributed by atoms with Gasteiger partial charge in [-0.05, 0) is 30.0 Å². The number of hydrogen-bond donors (Lipinski definition) is 2. The van der Waals surface area contributed by atoms with Crippen LogP contribution in [0.25, 0.3) is 6.08 Å². The number of hydrogen-bond acceptors (Lipinski definition) is 1. The second kappa shape index (κ2) is 8.59. The third kappa shape index (κ3) is 5.95. The molecule has 2 aromatic carbocycles. The Bertz CT molecular complexity index is 564. The van der Waals surface area contributed by atoms with Gasteiger partial charge in [0.15, 0.2) is 0 Å². The average Bonchev–Trinajstić information content (AvgIpc) is 2.54. The number of aryl methyl sites for hydroxylation is 1. The molecule has 2 amide bonds. The predicted molar refractivity (Wildman–Crippen MR) is 86.8 cm³/mol. The molecule has 2 rings (SSSR count). The van der Waals surface area contributed by atoms with Crippen LogP contribution in [-0.2, 0) is 6.42 Å². The smallest absolute Gasteiger partial charge is 0.318 e. The van der Waals surface area contributed by atoms with Gasteiger partial charge in [0.05, 0.1) is 0 Å². The minimum Gasteiger partial charge on any atom is -0.338 e. The van der Waals surface area contributed by atoms with Crippen molar-refractivity contribution in [2.24, 2.45) is 0 Å². The Labute approximate surface area is 125 Å². The molecule has 3 nitrogen and oxygen atoms in total. The summed E-state index contributed by atoms with van der Waals surface area (Å²) in [4.78, 5) is 11.6. The summed E-state index contributed by atoms with van der Waals surface area (Å²) in [5.74, 6) is 0. The van der Waals surface area contributed by atoms with Crippen LogP contribution in [-0.4, -0.2) is 12.6 Å². The molecule has 0 aliphatic heterocycles. The summed E-state index contributed by atoms with van der Waals surface area (Å²) in [5.41, 5.74) is 2.35. The minimum atomic E-state index is -0.171. The topological polar surface area (TPSA) is 41.1 Å². The maximum atomic E-state index is 11.6. The SMILES string of the molecule is O=C(N/C=C/c1ccccc1)NCCCc1ccccc1. The van der Waals surface area contributed by atoms with E-state index in [-0.39, 0.29) is 6.03 Å². The van der Waals surface area contributed by atoms with Crippen molar-refractivity contribution in [3.05, 3.63) is 78.0 Å². The fourth-order valence-electron chi connectivity index (χ4n) is 1.97. The molecule has 2 aromatic rings. The highest BCUT2D eigenvalue weighted by molar-refractivity contribution is 5.75. The molecule has 0 unspecified atom stereocenters. The third-order valence-corrected chi connectivity index (χ3v) is 3.06. The number of benzene rings is 2. The molecule has 0 spiro atoms. The van der Waals surface area contributed by atoms with Gasteiger partial charge in [-0.15, -0.1) is 0 Å². The standard InChI is InChI=1S/C18H20N2O/c21-18(20-15-13-17-10-5-2-6-11-17)19-14-7-12-16-8-3-1-4-9-16/h1-6,8-11,13,15H,7,12,14H2,(H2,19,20,21)/b15-13+. The van der Waals surface area contributed by atoms with Gasteiger partial charge in [-0.2, -0.15) is 0 Å². The fraction of sp³-hybridized carbons (Fsp3) is 0.167. The fourth-order valence-corrected chi connectivity index (χ4v) is 1.97. The molecule has 0 atom stereocenters. The maximum absolute atomic E-state index is 11.6. The van der Waals surface area contributed by atoms with Crippen molar-refractivity contribution in [1.29, 1.82) is 0 Å². The molecule has 0 saturated carbocycles. The zero-order valence-corrected chi connectivity index (χ0v) is 12.0. The Morgan fingerprint density at radius 3 is 2.33 bits per heavy atom. The highest BCUT2D eigenvalue weighted by Gasteiger charge is 1.96. The summed E-state index contributed by atoms with van der Waals surface area (Å²) in [5, 5.41) is 5.54. The second-order valence-electron chi connectivity index (χ2n) is 4.73. The van der Waals surface area contributed by atoms with E-state index in [2.05, 4.69) is 22.8 Å². The van der Waals surface area contributed by atoms with Crippen LogP contribution in [0.4, 0.5) is 4.79 Å². The van der Waals surface area contributed by atoms with Crippen molar-refractivity contribution in [1.82, 2.24) is 10.6 Å². The van der Waals surface area contributed by atoms with Gasteiger partial charge in [-0.1, -0.05) is 60.7 Å². The summed E-state index contributed by atoms with van der Waals surface area (Å²) < 4.78 is 0. The maximum Gasteiger partial charge on any atom is 0.318 e. The van der Waals surface area contributed by atoms with Crippen LogP contribution in [0.5, 0.6) is 0 Å². The third-order valence-electron chi connectivity index (χ3n) is 3.06. The molecule has 3 heteroatoms. The summed E-state index contributed by atoms with van der Waals surface area (Å²) >= 11 is 0. The number of nitrogens with one attached hydrogen (secondary N) is 2. The molecule has 0 aliphatic rings. The number of carbonyl (C=O) groups is 1. The van der Waals surface area contributed by atoms with Gasteiger partial charge >= 0.3 is 6.03 Å². The highest BCUT2D eigenvalue weighted by Crippen LogP contribution is 2.01. The minimum absolute atomic E-state index is 0.171. The number of rotatable bonds is 6.